The van der Waals surface area contributed by atoms with Crippen LogP contribution in [-0.2, 0) is 13.1 Å². The molecule has 0 saturated heterocycles. The molecule has 2 N–H and O–H groups in total. The van der Waals surface area contributed by atoms with Gasteiger partial charge in [-0.3, -0.25) is 0 Å². The predicted molar refractivity (Wildman–Crippen MR) is 88.8 cm³/mol. The Morgan fingerprint density at radius 2 is 2.27 bits per heavy atom. The van der Waals surface area contributed by atoms with Crippen LogP contribution >= 0.6 is 11.3 Å². The first-order valence-electron chi connectivity index (χ1n) is 7.07. The minimum absolute atomic E-state index is 0.100. The molecule has 0 bridgehead atoms. The Labute approximate surface area is 133 Å². The Kier molecular flexibility index (Phi) is 4.54. The average molecular weight is 311 g/mol. The number of aryl methyl sites for hydroxylation is 1. The largest absolute Gasteiger partial charge is 0.384 e. The molecule has 0 saturated carbocycles. The van der Waals surface area contributed by atoms with Gasteiger partial charge in [-0.2, -0.15) is 0 Å². The zero-order valence-electron chi connectivity index (χ0n) is 12.3. The number of nitrogens with one attached hydrogen (secondary N) is 1. The highest BCUT2D eigenvalue weighted by atomic mass is 32.1. The van der Waals surface area contributed by atoms with Gasteiger partial charge in [-0.1, -0.05) is 11.8 Å². The molecule has 3 aromatic rings. The smallest absolute Gasteiger partial charge is 0.137 e. The summed E-state index contributed by atoms with van der Waals surface area (Å²) >= 11 is 1.67. The van der Waals surface area contributed by atoms with E-state index in [4.69, 9.17) is 5.11 Å². The van der Waals surface area contributed by atoms with Crippen LogP contribution in [-0.4, -0.2) is 21.1 Å². The third-order valence-corrected chi connectivity index (χ3v) is 4.17. The number of imidazole rings is 1. The monoisotopic (exact) mass is 311 g/mol. The number of aliphatic hydroxyl groups is 1. The molecule has 0 aliphatic carbocycles. The maximum atomic E-state index is 8.69. The molecule has 0 aliphatic heterocycles. The molecule has 112 valence electrons. The first-order chi connectivity index (χ1) is 10.7. The van der Waals surface area contributed by atoms with E-state index in [0.717, 1.165) is 30.0 Å². The molecule has 0 radical (unpaired) electrons. The normalized spacial score (nSPS) is 10.6. The lowest BCUT2D eigenvalue weighted by atomic mass is 10.3. The fourth-order valence-corrected chi connectivity index (χ4v) is 3.00. The number of hydrogen-bond donors (Lipinski definition) is 2. The fraction of sp³-hybridized carbons (Fsp3) is 0.235. The van der Waals surface area contributed by atoms with Crippen molar-refractivity contribution in [2.45, 2.75) is 20.0 Å². The number of fused-ring (bicyclic) bond motifs is 1. The van der Waals surface area contributed by atoms with E-state index in [9.17, 15) is 0 Å². The molecular formula is C17H17N3OS. The number of pyridine rings is 1. The molecule has 0 fully saturated rings. The van der Waals surface area contributed by atoms with Gasteiger partial charge < -0.3 is 14.8 Å². The van der Waals surface area contributed by atoms with Crippen molar-refractivity contribution in [2.75, 3.05) is 6.61 Å². The highest BCUT2D eigenvalue weighted by Gasteiger charge is 2.02. The third kappa shape index (κ3) is 3.55. The van der Waals surface area contributed by atoms with Crippen LogP contribution in [0.2, 0.25) is 0 Å². The Morgan fingerprint density at radius 1 is 1.36 bits per heavy atom. The highest BCUT2D eigenvalue weighted by Crippen LogP contribution is 2.14. The summed E-state index contributed by atoms with van der Waals surface area (Å²) in [7, 11) is 0. The zero-order chi connectivity index (χ0) is 15.4. The lowest BCUT2D eigenvalue weighted by Gasteiger charge is -1.99. The van der Waals surface area contributed by atoms with Gasteiger partial charge in [0, 0.05) is 41.3 Å². The van der Waals surface area contributed by atoms with Crippen LogP contribution in [0.5, 0.6) is 0 Å². The lowest BCUT2D eigenvalue weighted by Crippen LogP contribution is -2.11. The van der Waals surface area contributed by atoms with Crippen LogP contribution in [0.3, 0.4) is 0 Å². The molecule has 3 rings (SSSR count). The van der Waals surface area contributed by atoms with E-state index >= 15 is 0 Å². The fourth-order valence-electron chi connectivity index (χ4n) is 2.22. The Balaban J connectivity index is 1.58. The standard InChI is InChI=1S/C17H17N3OS/c1-13-4-5-20-11-15(19-17(20)7-13)9-18-10-16-8-14(12-22-16)3-2-6-21/h4-5,7-8,11-12,18,21H,6,9-10H2,1H3. The summed E-state index contributed by atoms with van der Waals surface area (Å²) in [6.07, 6.45) is 4.08. The Morgan fingerprint density at radius 3 is 3.14 bits per heavy atom. The second kappa shape index (κ2) is 6.75. The minimum atomic E-state index is -0.100. The topological polar surface area (TPSA) is 49.6 Å². The van der Waals surface area contributed by atoms with Crippen molar-refractivity contribution in [3.63, 3.8) is 0 Å². The summed E-state index contributed by atoms with van der Waals surface area (Å²) in [4.78, 5) is 5.83. The van der Waals surface area contributed by atoms with Gasteiger partial charge in [-0.15, -0.1) is 11.3 Å². The van der Waals surface area contributed by atoms with Crippen LogP contribution in [0.15, 0.2) is 36.0 Å². The van der Waals surface area contributed by atoms with E-state index in [1.807, 2.05) is 28.2 Å². The van der Waals surface area contributed by atoms with Crippen molar-refractivity contribution in [3.05, 3.63) is 57.7 Å². The van der Waals surface area contributed by atoms with Crippen molar-refractivity contribution in [1.82, 2.24) is 14.7 Å². The van der Waals surface area contributed by atoms with Crippen molar-refractivity contribution >= 4 is 17.0 Å². The quantitative estimate of drug-likeness (QED) is 0.727. The van der Waals surface area contributed by atoms with Crippen molar-refractivity contribution in [1.29, 1.82) is 0 Å². The van der Waals surface area contributed by atoms with Crippen LogP contribution in [0.4, 0.5) is 0 Å². The van der Waals surface area contributed by atoms with Gasteiger partial charge in [0.05, 0.1) is 5.69 Å². The summed E-state index contributed by atoms with van der Waals surface area (Å²) in [6.45, 7) is 3.49. The van der Waals surface area contributed by atoms with Gasteiger partial charge in [0.1, 0.15) is 12.3 Å². The second-order valence-electron chi connectivity index (χ2n) is 5.07. The van der Waals surface area contributed by atoms with E-state index in [2.05, 4.69) is 41.2 Å². The Bertz CT molecular complexity index is 838. The van der Waals surface area contributed by atoms with Crippen LogP contribution in [0.1, 0.15) is 21.7 Å². The second-order valence-corrected chi connectivity index (χ2v) is 6.06. The van der Waals surface area contributed by atoms with Crippen LogP contribution < -0.4 is 5.32 Å². The molecule has 0 spiro atoms. The van der Waals surface area contributed by atoms with Crippen LogP contribution in [0.25, 0.3) is 5.65 Å². The predicted octanol–water partition coefficient (Wildman–Crippen LogP) is 2.34. The lowest BCUT2D eigenvalue weighted by molar-refractivity contribution is 0.350. The Hall–Kier alpha value is -2.13. The number of thiophene rings is 1. The van der Waals surface area contributed by atoms with Crippen molar-refractivity contribution in [2.24, 2.45) is 0 Å². The molecule has 0 aliphatic rings. The van der Waals surface area contributed by atoms with E-state index in [-0.39, 0.29) is 6.61 Å². The van der Waals surface area contributed by atoms with Gasteiger partial charge >= 0.3 is 0 Å². The summed E-state index contributed by atoms with van der Waals surface area (Å²) in [5, 5.41) is 14.1. The molecule has 5 heteroatoms. The number of aromatic nitrogens is 2. The zero-order valence-corrected chi connectivity index (χ0v) is 13.2. The van der Waals surface area contributed by atoms with Gasteiger partial charge in [0.2, 0.25) is 0 Å². The maximum absolute atomic E-state index is 8.69. The van der Waals surface area contributed by atoms with Gasteiger partial charge in [-0.05, 0) is 30.7 Å². The first kappa shape index (κ1) is 14.8. The molecule has 3 heterocycles. The van der Waals surface area contributed by atoms with E-state index < -0.39 is 0 Å². The summed E-state index contributed by atoms with van der Waals surface area (Å²) in [5.41, 5.74) is 4.18. The first-order valence-corrected chi connectivity index (χ1v) is 7.94. The molecule has 0 unspecified atom stereocenters. The van der Waals surface area contributed by atoms with Crippen LogP contribution in [0, 0.1) is 18.8 Å². The summed E-state index contributed by atoms with van der Waals surface area (Å²) < 4.78 is 2.04. The molecule has 4 nitrogen and oxygen atoms in total. The number of hydrogen-bond acceptors (Lipinski definition) is 4. The van der Waals surface area contributed by atoms with E-state index in [1.54, 1.807) is 11.3 Å². The molecule has 0 amide bonds. The summed E-state index contributed by atoms with van der Waals surface area (Å²) in [6, 6.07) is 6.20. The molecule has 22 heavy (non-hydrogen) atoms. The van der Waals surface area contributed by atoms with E-state index in [0.29, 0.717) is 0 Å². The molecule has 0 aromatic carbocycles. The van der Waals surface area contributed by atoms with E-state index in [1.165, 1.54) is 10.4 Å². The minimum Gasteiger partial charge on any atom is -0.384 e. The van der Waals surface area contributed by atoms with Gasteiger partial charge in [0.15, 0.2) is 0 Å². The molecule has 0 atom stereocenters. The van der Waals surface area contributed by atoms with Gasteiger partial charge in [-0.25, -0.2) is 4.98 Å². The number of nitrogens with zero attached hydrogens (tertiary/aromatic N) is 2. The third-order valence-electron chi connectivity index (χ3n) is 3.24. The molecular weight excluding hydrogens is 294 g/mol. The van der Waals surface area contributed by atoms with Crippen molar-refractivity contribution < 1.29 is 5.11 Å². The highest BCUT2D eigenvalue weighted by molar-refractivity contribution is 7.10. The van der Waals surface area contributed by atoms with Crippen molar-refractivity contribution in [3.8, 4) is 11.8 Å². The maximum Gasteiger partial charge on any atom is 0.137 e. The molecule has 3 aromatic heterocycles. The SMILES string of the molecule is Cc1ccn2cc(CNCc3cc(C#CCO)cs3)nc2c1. The average Bonchev–Trinajstić information content (AvgIpc) is 3.11. The summed E-state index contributed by atoms with van der Waals surface area (Å²) in [5.74, 6) is 5.57. The van der Waals surface area contributed by atoms with Gasteiger partial charge in [0.25, 0.3) is 0 Å². The number of rotatable bonds is 4. The number of aliphatic hydroxyl groups excluding tert-OH is 1.